The molecule has 0 aromatic heterocycles. The van der Waals surface area contributed by atoms with Gasteiger partial charge in [-0.25, -0.2) is 0 Å². The van der Waals surface area contributed by atoms with Gasteiger partial charge in [-0.1, -0.05) is 35.9 Å². The van der Waals surface area contributed by atoms with Crippen LogP contribution in [0.1, 0.15) is 15.9 Å². The highest BCUT2D eigenvalue weighted by molar-refractivity contribution is 6.30. The molecule has 0 saturated heterocycles. The van der Waals surface area contributed by atoms with Crippen LogP contribution in [0.2, 0.25) is 5.02 Å². The molecule has 2 unspecified atom stereocenters. The molecule has 3 N–H and O–H groups in total. The molecule has 4 nitrogen and oxygen atoms in total. The number of hydrogen-bond acceptors (Lipinski definition) is 4. The Bertz CT molecular complexity index is 673. The summed E-state index contributed by atoms with van der Waals surface area (Å²) in [6.07, 6.45) is -0.970. The van der Waals surface area contributed by atoms with E-state index in [1.54, 1.807) is 24.3 Å². The van der Waals surface area contributed by atoms with E-state index in [9.17, 15) is 9.90 Å². The first-order chi connectivity index (χ1) is 10.9. The Kier molecular flexibility index (Phi) is 5.77. The number of carbonyl (C=O) groups excluding carboxylic acids is 1. The summed E-state index contributed by atoms with van der Waals surface area (Å²) in [5.41, 5.74) is 8.26. The molecule has 0 aliphatic rings. The van der Waals surface area contributed by atoms with Gasteiger partial charge in [0.1, 0.15) is 0 Å². The maximum absolute atomic E-state index is 12.4. The molecule has 0 spiro atoms. The molecule has 2 aromatic carbocycles. The van der Waals surface area contributed by atoms with Crippen molar-refractivity contribution >= 4 is 23.1 Å². The number of rotatable bonds is 6. The molecule has 2 atom stereocenters. The number of likely N-dealkylation sites (N-methyl/N-ethyl adjacent to an activating group) is 1. The lowest BCUT2D eigenvalue weighted by Crippen LogP contribution is -2.47. The molecular formula is C18H21ClN2O2. The van der Waals surface area contributed by atoms with E-state index in [2.05, 4.69) is 0 Å². The Balaban J connectivity index is 2.04. The lowest BCUT2D eigenvalue weighted by molar-refractivity contribution is 0.0830. The summed E-state index contributed by atoms with van der Waals surface area (Å²) in [6, 6.07) is 13.5. The number of aliphatic hydroxyl groups excluding tert-OH is 1. The van der Waals surface area contributed by atoms with Crippen LogP contribution >= 0.6 is 11.6 Å². The van der Waals surface area contributed by atoms with Gasteiger partial charge in [0.2, 0.25) is 0 Å². The lowest BCUT2D eigenvalue weighted by Gasteiger charge is -2.26. The van der Waals surface area contributed by atoms with E-state index in [1.165, 1.54) is 0 Å². The number of anilines is 1. The highest BCUT2D eigenvalue weighted by Gasteiger charge is 2.25. The fourth-order valence-electron chi connectivity index (χ4n) is 2.40. The Morgan fingerprint density at radius 1 is 1.22 bits per heavy atom. The Labute approximate surface area is 141 Å². The number of ketones is 1. The largest absolute Gasteiger partial charge is 0.389 e. The van der Waals surface area contributed by atoms with Crippen molar-refractivity contribution < 1.29 is 9.90 Å². The van der Waals surface area contributed by atoms with Crippen molar-refractivity contribution in [1.82, 2.24) is 0 Å². The number of nitrogens with two attached hydrogens (primary N) is 1. The average Bonchev–Trinajstić information content (AvgIpc) is 2.54. The van der Waals surface area contributed by atoms with Crippen LogP contribution in [0.25, 0.3) is 0 Å². The van der Waals surface area contributed by atoms with E-state index < -0.39 is 12.1 Å². The number of hydrogen-bond donors (Lipinski definition) is 2. The molecule has 0 saturated carbocycles. The van der Waals surface area contributed by atoms with E-state index >= 15 is 0 Å². The number of nitrogens with zero attached hydrogens (tertiary/aromatic N) is 1. The summed E-state index contributed by atoms with van der Waals surface area (Å²) >= 11 is 5.86. The fourth-order valence-corrected chi connectivity index (χ4v) is 2.52. The fraction of sp³-hybridized carbons (Fsp3) is 0.278. The number of Topliss-reactive ketones (excluding diaryl/α,β-unsaturated/α-hetero) is 1. The highest BCUT2D eigenvalue weighted by atomic mass is 35.5. The molecular weight excluding hydrogens is 312 g/mol. The molecule has 2 rings (SSSR count). The minimum Gasteiger partial charge on any atom is -0.389 e. The van der Waals surface area contributed by atoms with Crippen molar-refractivity contribution in [3.8, 4) is 0 Å². The summed E-state index contributed by atoms with van der Waals surface area (Å²) in [5, 5.41) is 11.0. The number of carbonyl (C=O) groups is 1. The predicted molar refractivity (Wildman–Crippen MR) is 94.2 cm³/mol. The lowest BCUT2D eigenvalue weighted by atomic mass is 9.96. The minimum atomic E-state index is -0.970. The molecule has 23 heavy (non-hydrogen) atoms. The van der Waals surface area contributed by atoms with Gasteiger partial charge < -0.3 is 15.7 Å². The van der Waals surface area contributed by atoms with E-state index in [1.807, 2.05) is 43.1 Å². The molecule has 0 fully saturated rings. The first kappa shape index (κ1) is 17.5. The standard InChI is InChI=1S/C18H21ClN2O2/c1-12-5-3-4-6-15(12)18(23)17(20)16(22)11-21(2)14-9-7-13(19)8-10-14/h3-10,16-17,22H,11,20H2,1-2H3. The van der Waals surface area contributed by atoms with Gasteiger partial charge in [-0.2, -0.15) is 0 Å². The molecule has 0 heterocycles. The predicted octanol–water partition coefficient (Wildman–Crippen LogP) is 2.66. The van der Waals surface area contributed by atoms with Crippen molar-refractivity contribution in [2.45, 2.75) is 19.1 Å². The average molecular weight is 333 g/mol. The Hall–Kier alpha value is -1.88. The van der Waals surface area contributed by atoms with Crippen LogP contribution in [-0.4, -0.2) is 36.6 Å². The van der Waals surface area contributed by atoms with Crippen LogP contribution in [0, 0.1) is 6.92 Å². The Morgan fingerprint density at radius 2 is 1.83 bits per heavy atom. The zero-order valence-electron chi connectivity index (χ0n) is 13.2. The molecule has 5 heteroatoms. The summed E-state index contributed by atoms with van der Waals surface area (Å²) in [7, 11) is 1.83. The molecule has 0 radical (unpaired) electrons. The molecule has 0 aliphatic carbocycles. The van der Waals surface area contributed by atoms with Crippen LogP contribution in [0.3, 0.4) is 0 Å². The summed E-state index contributed by atoms with van der Waals surface area (Å²) in [6.45, 7) is 2.10. The van der Waals surface area contributed by atoms with Gasteiger partial charge in [-0.3, -0.25) is 4.79 Å². The van der Waals surface area contributed by atoms with Gasteiger partial charge in [-0.15, -0.1) is 0 Å². The maximum atomic E-state index is 12.4. The van der Waals surface area contributed by atoms with E-state index in [-0.39, 0.29) is 12.3 Å². The maximum Gasteiger partial charge on any atom is 0.182 e. The van der Waals surface area contributed by atoms with Crippen molar-refractivity contribution in [3.63, 3.8) is 0 Å². The summed E-state index contributed by atoms with van der Waals surface area (Å²) in [5.74, 6) is -0.250. The topological polar surface area (TPSA) is 66.6 Å². The first-order valence-electron chi connectivity index (χ1n) is 7.40. The van der Waals surface area contributed by atoms with Gasteiger partial charge in [-0.05, 0) is 36.8 Å². The van der Waals surface area contributed by atoms with E-state index in [0.717, 1.165) is 11.3 Å². The van der Waals surface area contributed by atoms with E-state index in [4.69, 9.17) is 17.3 Å². The van der Waals surface area contributed by atoms with Gasteiger partial charge in [0, 0.05) is 29.9 Å². The molecule has 2 aromatic rings. The third-order valence-electron chi connectivity index (χ3n) is 3.86. The van der Waals surface area contributed by atoms with Gasteiger partial charge in [0.05, 0.1) is 12.1 Å². The minimum absolute atomic E-state index is 0.250. The van der Waals surface area contributed by atoms with Crippen LogP contribution in [0.4, 0.5) is 5.69 Å². The van der Waals surface area contributed by atoms with Crippen molar-refractivity contribution in [2.75, 3.05) is 18.5 Å². The van der Waals surface area contributed by atoms with Crippen molar-refractivity contribution in [3.05, 3.63) is 64.7 Å². The summed E-state index contributed by atoms with van der Waals surface area (Å²) < 4.78 is 0. The monoisotopic (exact) mass is 332 g/mol. The van der Waals surface area contributed by atoms with E-state index in [0.29, 0.717) is 10.6 Å². The third-order valence-corrected chi connectivity index (χ3v) is 4.11. The normalized spacial score (nSPS) is 13.4. The first-order valence-corrected chi connectivity index (χ1v) is 7.78. The number of halogens is 1. The zero-order valence-corrected chi connectivity index (χ0v) is 14.0. The van der Waals surface area contributed by atoms with Crippen molar-refractivity contribution in [2.24, 2.45) is 5.73 Å². The second kappa shape index (κ2) is 7.59. The zero-order chi connectivity index (χ0) is 17.0. The van der Waals surface area contributed by atoms with Gasteiger partial charge >= 0.3 is 0 Å². The SMILES string of the molecule is Cc1ccccc1C(=O)C(N)C(O)CN(C)c1ccc(Cl)cc1. The van der Waals surface area contributed by atoms with Crippen molar-refractivity contribution in [1.29, 1.82) is 0 Å². The van der Waals surface area contributed by atoms with Crippen LogP contribution < -0.4 is 10.6 Å². The number of aryl methyl sites for hydroxylation is 1. The molecule has 122 valence electrons. The quantitative estimate of drug-likeness (QED) is 0.798. The molecule has 0 aliphatic heterocycles. The summed E-state index contributed by atoms with van der Waals surface area (Å²) in [4.78, 5) is 14.3. The smallest absolute Gasteiger partial charge is 0.182 e. The second-order valence-electron chi connectivity index (χ2n) is 5.63. The second-order valence-corrected chi connectivity index (χ2v) is 6.07. The molecule has 0 amide bonds. The van der Waals surface area contributed by atoms with Gasteiger partial charge in [0.25, 0.3) is 0 Å². The molecule has 0 bridgehead atoms. The van der Waals surface area contributed by atoms with Crippen LogP contribution in [-0.2, 0) is 0 Å². The number of benzene rings is 2. The Morgan fingerprint density at radius 3 is 2.43 bits per heavy atom. The third kappa shape index (κ3) is 4.32. The van der Waals surface area contributed by atoms with Crippen LogP contribution in [0.5, 0.6) is 0 Å². The number of aliphatic hydroxyl groups is 1. The van der Waals surface area contributed by atoms with Crippen LogP contribution in [0.15, 0.2) is 48.5 Å². The van der Waals surface area contributed by atoms with Gasteiger partial charge in [0.15, 0.2) is 5.78 Å². The highest BCUT2D eigenvalue weighted by Crippen LogP contribution is 2.18.